The average Bonchev–Trinajstić information content (AvgIpc) is 3.97. The maximum Gasteiger partial charge on any atom is 0.330 e. The van der Waals surface area contributed by atoms with Crippen LogP contribution >= 0.6 is 15.9 Å². The van der Waals surface area contributed by atoms with Crippen LogP contribution < -0.4 is 0 Å². The number of fused-ring (bicyclic) bond motifs is 9. The van der Waals surface area contributed by atoms with Crippen LogP contribution in [0.4, 0.5) is 0 Å². The Bertz CT molecular complexity index is 2170. The van der Waals surface area contributed by atoms with Crippen molar-refractivity contribution in [3.8, 4) is 0 Å². The van der Waals surface area contributed by atoms with Crippen LogP contribution in [-0.2, 0) is 44.4 Å². The minimum Gasteiger partial charge on any atom is -0.458 e. The van der Waals surface area contributed by atoms with Crippen LogP contribution in [0.1, 0.15) is 128 Å². The number of methoxy groups -OCH3 is 2. The van der Waals surface area contributed by atoms with Gasteiger partial charge in [-0.25, -0.2) is 14.8 Å². The topological polar surface area (TPSA) is 174 Å². The second-order valence-corrected chi connectivity index (χ2v) is 19.8. The minimum absolute atomic E-state index is 0.00422. The molecule has 7 heterocycles. The maximum absolute atomic E-state index is 13.5. The summed E-state index contributed by atoms with van der Waals surface area (Å²) in [6, 6.07) is 0. The highest BCUT2D eigenvalue weighted by molar-refractivity contribution is 9.11. The van der Waals surface area contributed by atoms with Crippen molar-refractivity contribution in [2.75, 3.05) is 14.2 Å². The van der Waals surface area contributed by atoms with Crippen LogP contribution in [0.25, 0.3) is 12.2 Å². The first kappa shape index (κ1) is 52.1. The number of aliphatic hydroxyl groups is 2. The van der Waals surface area contributed by atoms with Crippen molar-refractivity contribution >= 4 is 34.1 Å². The number of oxazole rings is 2. The lowest BCUT2D eigenvalue weighted by Crippen LogP contribution is -2.51. The lowest BCUT2D eigenvalue weighted by Gasteiger charge is -2.44. The Kier molecular flexibility index (Phi) is 18.7. The van der Waals surface area contributed by atoms with Gasteiger partial charge in [-0.2, -0.15) is 0 Å². The van der Waals surface area contributed by atoms with E-state index in [1.54, 1.807) is 31.5 Å². The standard InChI is InChI=1S/C53H71BrN2O12/c1-32(19-20-38(60-6)14-11-21-54)24-44(57)47-27-42(61-7)28-53(59,68-47)29-49-55-37(30-62-49)25-34(3)51-36(5)52-35(4)45(66-51)15-10-17-48-56-43(31-63-48)46-16-8-12-40(65-46)26-41-23-33(2)22-39(64-41)13-9-18-50(58)67-52/h9-11,17-21,24-25,30-31,35-36,38-42,44-47,51-52,57,59H,2,8,12-16,22-23,26-29H2,1,3-7H3/b17-10+,18-9-,20-19+,21-11+,32-24+,34-25+/t35-,36-,38?,39-,40?,41+,42?,44+,45+,46?,47+,51-,52-,53-/m0/s1. The van der Waals surface area contributed by atoms with Crippen LogP contribution in [-0.4, -0.2) is 107 Å². The molecule has 14 nitrogen and oxygen atoms in total. The Labute approximate surface area is 409 Å². The van der Waals surface area contributed by atoms with Gasteiger partial charge in [0.05, 0.1) is 61.4 Å². The van der Waals surface area contributed by atoms with Gasteiger partial charge in [0.25, 0.3) is 0 Å². The predicted molar refractivity (Wildman–Crippen MR) is 260 cm³/mol. The smallest absolute Gasteiger partial charge is 0.330 e. The minimum atomic E-state index is -1.72. The van der Waals surface area contributed by atoms with Crippen LogP contribution in [0.5, 0.6) is 0 Å². The zero-order valence-electron chi connectivity index (χ0n) is 40.4. The monoisotopic (exact) mass is 1010 g/mol. The summed E-state index contributed by atoms with van der Waals surface area (Å²) in [4.78, 5) is 24.9. The van der Waals surface area contributed by atoms with Crippen LogP contribution in [0.15, 0.2) is 92.2 Å². The fourth-order valence-electron chi connectivity index (χ4n) is 10.3. The third-order valence-corrected chi connectivity index (χ3v) is 14.2. The number of ether oxygens (including phenoxy) is 7. The quantitative estimate of drug-likeness (QED) is 0.117. The first-order chi connectivity index (χ1) is 32.7. The number of halogens is 1. The second-order valence-electron chi connectivity index (χ2n) is 19.3. The molecule has 2 N–H and O–H groups in total. The predicted octanol–water partition coefficient (Wildman–Crippen LogP) is 9.79. The molecule has 0 aromatic carbocycles. The number of esters is 1. The molecule has 4 saturated heterocycles. The molecule has 0 amide bonds. The number of carbonyl (C=O) groups is 1. The number of hydrogen-bond donors (Lipinski definition) is 2. The first-order valence-corrected chi connectivity index (χ1v) is 25.1. The molecule has 15 heteroatoms. The van der Waals surface area contributed by atoms with Crippen LogP contribution in [0, 0.1) is 11.8 Å². The molecule has 0 spiro atoms. The zero-order valence-corrected chi connectivity index (χ0v) is 42.0. The first-order valence-electron chi connectivity index (χ1n) is 24.2. The Hall–Kier alpha value is -3.77. The lowest BCUT2D eigenvalue weighted by molar-refractivity contribution is -0.286. The van der Waals surface area contributed by atoms with Crippen molar-refractivity contribution in [2.24, 2.45) is 11.8 Å². The third kappa shape index (κ3) is 14.2. The molecule has 0 aliphatic carbocycles. The molecule has 14 atom stereocenters. The maximum atomic E-state index is 13.5. The van der Waals surface area contributed by atoms with Crippen LogP contribution in [0.2, 0.25) is 0 Å². The number of nitrogens with zero attached hydrogens (tertiary/aromatic N) is 2. The van der Waals surface area contributed by atoms with Gasteiger partial charge in [-0.05, 0) is 87.9 Å². The number of hydrogen-bond acceptors (Lipinski definition) is 14. The van der Waals surface area contributed by atoms with Gasteiger partial charge in [0.2, 0.25) is 5.89 Å². The van der Waals surface area contributed by atoms with Crippen molar-refractivity contribution < 1.29 is 57.0 Å². The summed E-state index contributed by atoms with van der Waals surface area (Å²) < 4.78 is 55.5. The molecule has 68 heavy (non-hydrogen) atoms. The second kappa shape index (κ2) is 24.4. The molecular formula is C53H71BrN2O12. The fourth-order valence-corrected chi connectivity index (χ4v) is 10.5. The SMILES string of the molecule is C=C1C[C@@H]2CC3CCCC(O3)c3coc(n3)/C=C/C[C@H]3O[C@@H](/C(C)=C/c4coc(C[C@]5(O)CC(OC)C[C@H]([C@H](O)/C=C(C)/C=C/C(C/C=C/Br)OC)O5)n4)[C@H](C)[C@@H](OC(=O)/C=C\C[C@@H](C1)O2)[C@H]3C. The van der Waals surface area contributed by atoms with Gasteiger partial charge in [0, 0.05) is 51.4 Å². The highest BCUT2D eigenvalue weighted by Crippen LogP contribution is 2.40. The largest absolute Gasteiger partial charge is 0.458 e. The summed E-state index contributed by atoms with van der Waals surface area (Å²) in [6.07, 6.45) is 23.6. The Morgan fingerprint density at radius 2 is 1.81 bits per heavy atom. The summed E-state index contributed by atoms with van der Waals surface area (Å²) in [5.74, 6) is -1.76. The van der Waals surface area contributed by atoms with Crippen LogP contribution in [0.3, 0.4) is 0 Å². The Morgan fingerprint density at radius 1 is 1.00 bits per heavy atom. The van der Waals surface area contributed by atoms with E-state index in [2.05, 4.69) is 29.4 Å². The molecule has 0 saturated carbocycles. The molecule has 5 aliphatic rings. The molecule has 372 valence electrons. The summed E-state index contributed by atoms with van der Waals surface area (Å²) >= 11 is 3.29. The normalized spacial score (nSPS) is 35.4. The van der Waals surface area contributed by atoms with Gasteiger partial charge in [-0.1, -0.05) is 84.0 Å². The molecule has 8 bridgehead atoms. The highest BCUT2D eigenvalue weighted by atomic mass is 79.9. The molecular weight excluding hydrogens is 936 g/mol. The summed E-state index contributed by atoms with van der Waals surface area (Å²) in [6.45, 7) is 12.3. The van der Waals surface area contributed by atoms with E-state index < -0.39 is 36.2 Å². The summed E-state index contributed by atoms with van der Waals surface area (Å²) in [7, 11) is 3.23. The fraction of sp³-hybridized carbons (Fsp3) is 0.604. The number of aliphatic hydroxyl groups excluding tert-OH is 1. The van der Waals surface area contributed by atoms with E-state index in [0.717, 1.165) is 60.9 Å². The van der Waals surface area contributed by atoms with Gasteiger partial charge in [-0.3, -0.25) is 0 Å². The Morgan fingerprint density at radius 3 is 2.60 bits per heavy atom. The van der Waals surface area contributed by atoms with Gasteiger partial charge in [0.1, 0.15) is 36.1 Å². The van der Waals surface area contributed by atoms with Gasteiger partial charge >= 0.3 is 5.97 Å². The van der Waals surface area contributed by atoms with E-state index in [0.29, 0.717) is 37.3 Å². The van der Waals surface area contributed by atoms with Crippen molar-refractivity contribution in [1.82, 2.24) is 9.97 Å². The van der Waals surface area contributed by atoms with E-state index >= 15 is 0 Å². The number of aromatic nitrogens is 2. The van der Waals surface area contributed by atoms with Gasteiger partial charge in [-0.15, -0.1) is 0 Å². The Balaban J connectivity index is 1.06. The summed E-state index contributed by atoms with van der Waals surface area (Å²) in [5.41, 5.74) is 4.14. The molecule has 2 aromatic heterocycles. The zero-order chi connectivity index (χ0) is 48.4. The molecule has 4 unspecified atom stereocenters. The van der Waals surface area contributed by atoms with Crippen molar-refractivity contribution in [2.45, 2.75) is 178 Å². The van der Waals surface area contributed by atoms with E-state index in [1.807, 2.05) is 63.3 Å². The molecule has 0 radical (unpaired) electrons. The average molecular weight is 1010 g/mol. The van der Waals surface area contributed by atoms with E-state index in [9.17, 15) is 15.0 Å². The molecule has 5 aliphatic heterocycles. The lowest BCUT2D eigenvalue weighted by atomic mass is 9.79. The van der Waals surface area contributed by atoms with Crippen molar-refractivity contribution in [1.29, 1.82) is 0 Å². The number of allylic oxidation sites excluding steroid dienone is 2. The van der Waals surface area contributed by atoms with Crippen molar-refractivity contribution in [3.05, 3.63) is 107 Å². The summed E-state index contributed by atoms with van der Waals surface area (Å²) in [5, 5.41) is 23.1. The number of rotatable bonds is 12. The highest BCUT2D eigenvalue weighted by Gasteiger charge is 2.45. The van der Waals surface area contributed by atoms with Crippen molar-refractivity contribution in [3.63, 3.8) is 0 Å². The van der Waals surface area contributed by atoms with E-state index in [1.165, 1.54) is 12.3 Å². The van der Waals surface area contributed by atoms with E-state index in [-0.39, 0.29) is 73.3 Å². The van der Waals surface area contributed by atoms with E-state index in [4.69, 9.17) is 52.0 Å². The third-order valence-electron chi connectivity index (χ3n) is 13.8. The van der Waals surface area contributed by atoms with Gasteiger partial charge in [0.15, 0.2) is 11.7 Å². The molecule has 2 aromatic rings. The molecule has 7 rings (SSSR count). The van der Waals surface area contributed by atoms with Gasteiger partial charge < -0.3 is 52.2 Å². The molecule has 4 fully saturated rings. The number of carbonyl (C=O) groups excluding carboxylic acids is 1.